The summed E-state index contributed by atoms with van der Waals surface area (Å²) in [5, 5.41) is 2.65. The molecule has 0 atom stereocenters. The van der Waals surface area contributed by atoms with E-state index in [1.54, 1.807) is 38.4 Å². The summed E-state index contributed by atoms with van der Waals surface area (Å²) < 4.78 is 44.1. The molecule has 0 bridgehead atoms. The highest BCUT2D eigenvalue weighted by Crippen LogP contribution is 2.32. The average Bonchev–Trinajstić information content (AvgIpc) is 3.19. The van der Waals surface area contributed by atoms with Crippen molar-refractivity contribution < 1.29 is 27.2 Å². The number of alkyl halides is 3. The van der Waals surface area contributed by atoms with E-state index in [-0.39, 0.29) is 29.4 Å². The Balaban J connectivity index is 1.69. The fourth-order valence-electron chi connectivity index (χ4n) is 2.70. The SMILES string of the molecule is CN(C)C(=O)Cc1ccc(NC(=O)c2ccc(-c3cccc(C(F)(F)F)c3)o2)cc1. The van der Waals surface area contributed by atoms with Crippen LogP contribution in [0.1, 0.15) is 21.7 Å². The molecule has 0 saturated heterocycles. The zero-order valence-electron chi connectivity index (χ0n) is 16.3. The van der Waals surface area contributed by atoms with Gasteiger partial charge in [0.1, 0.15) is 5.76 Å². The summed E-state index contributed by atoms with van der Waals surface area (Å²) in [6.45, 7) is 0. The Hall–Kier alpha value is -3.55. The van der Waals surface area contributed by atoms with E-state index in [1.165, 1.54) is 29.2 Å². The van der Waals surface area contributed by atoms with Crippen LogP contribution in [0.5, 0.6) is 0 Å². The van der Waals surface area contributed by atoms with E-state index in [4.69, 9.17) is 4.42 Å². The van der Waals surface area contributed by atoms with Crippen molar-refractivity contribution in [2.45, 2.75) is 12.6 Å². The third-order valence-electron chi connectivity index (χ3n) is 4.37. The fraction of sp³-hybridized carbons (Fsp3) is 0.182. The first-order valence-electron chi connectivity index (χ1n) is 9.01. The van der Waals surface area contributed by atoms with Gasteiger partial charge < -0.3 is 14.6 Å². The van der Waals surface area contributed by atoms with Gasteiger partial charge >= 0.3 is 6.18 Å². The first-order valence-corrected chi connectivity index (χ1v) is 9.01. The Morgan fingerprint density at radius 3 is 2.33 bits per heavy atom. The Labute approximate surface area is 171 Å². The number of rotatable bonds is 5. The summed E-state index contributed by atoms with van der Waals surface area (Å²) in [5.74, 6) is -0.451. The predicted octanol–water partition coefficient (Wildman–Crippen LogP) is 4.85. The zero-order valence-corrected chi connectivity index (χ0v) is 16.3. The second-order valence-electron chi connectivity index (χ2n) is 6.86. The minimum absolute atomic E-state index is 0.0331. The highest BCUT2D eigenvalue weighted by atomic mass is 19.4. The number of carbonyl (C=O) groups excluding carboxylic acids is 2. The van der Waals surface area contributed by atoms with Crippen molar-refractivity contribution in [3.63, 3.8) is 0 Å². The van der Waals surface area contributed by atoms with Crippen molar-refractivity contribution in [3.8, 4) is 11.3 Å². The maximum atomic E-state index is 12.9. The Morgan fingerprint density at radius 2 is 1.70 bits per heavy atom. The highest BCUT2D eigenvalue weighted by molar-refractivity contribution is 6.02. The molecule has 2 amide bonds. The maximum absolute atomic E-state index is 12.9. The number of nitrogens with one attached hydrogen (secondary N) is 1. The van der Waals surface area contributed by atoms with E-state index >= 15 is 0 Å². The monoisotopic (exact) mass is 416 g/mol. The molecule has 0 spiro atoms. The van der Waals surface area contributed by atoms with Gasteiger partial charge in [-0.15, -0.1) is 0 Å². The third kappa shape index (κ3) is 5.08. The molecular formula is C22H19F3N2O3. The molecule has 0 radical (unpaired) electrons. The van der Waals surface area contributed by atoms with Crippen molar-refractivity contribution in [2.24, 2.45) is 0 Å². The number of amides is 2. The van der Waals surface area contributed by atoms with Crippen molar-refractivity contribution in [2.75, 3.05) is 19.4 Å². The molecule has 0 aliphatic heterocycles. The number of halogens is 3. The summed E-state index contributed by atoms with van der Waals surface area (Å²) in [5.41, 5.74) is 0.726. The molecule has 0 unspecified atom stereocenters. The quantitative estimate of drug-likeness (QED) is 0.647. The molecule has 0 saturated carbocycles. The minimum Gasteiger partial charge on any atom is -0.451 e. The van der Waals surface area contributed by atoms with Crippen LogP contribution in [-0.2, 0) is 17.4 Å². The number of hydrogen-bond donors (Lipinski definition) is 1. The smallest absolute Gasteiger partial charge is 0.416 e. The molecule has 8 heteroatoms. The second kappa shape index (κ2) is 8.44. The molecule has 0 fully saturated rings. The molecule has 2 aromatic carbocycles. The summed E-state index contributed by atoms with van der Waals surface area (Å²) in [7, 11) is 3.35. The Morgan fingerprint density at radius 1 is 1.00 bits per heavy atom. The summed E-state index contributed by atoms with van der Waals surface area (Å²) in [6, 6.07) is 14.3. The van der Waals surface area contributed by atoms with Crippen molar-refractivity contribution in [1.29, 1.82) is 0 Å². The standard InChI is InChI=1S/C22H19F3N2O3/c1-27(2)20(28)12-14-6-8-17(9-7-14)26-21(29)19-11-10-18(30-19)15-4-3-5-16(13-15)22(23,24)25/h3-11,13H,12H2,1-2H3,(H,26,29). The lowest BCUT2D eigenvalue weighted by Crippen LogP contribution is -2.23. The lowest BCUT2D eigenvalue weighted by molar-refractivity contribution is -0.137. The van der Waals surface area contributed by atoms with Crippen LogP contribution >= 0.6 is 0 Å². The molecule has 0 aliphatic carbocycles. The molecule has 3 aromatic rings. The van der Waals surface area contributed by atoms with Crippen LogP contribution in [-0.4, -0.2) is 30.8 Å². The van der Waals surface area contributed by atoms with E-state index in [0.717, 1.165) is 17.7 Å². The van der Waals surface area contributed by atoms with Gasteiger partial charge in [-0.05, 0) is 42.0 Å². The van der Waals surface area contributed by atoms with Gasteiger partial charge in [0.25, 0.3) is 5.91 Å². The molecule has 156 valence electrons. The van der Waals surface area contributed by atoms with Gasteiger partial charge in [-0.1, -0.05) is 24.3 Å². The van der Waals surface area contributed by atoms with Crippen LogP contribution in [0.2, 0.25) is 0 Å². The Kier molecular flexibility index (Phi) is 5.96. The molecule has 0 aliphatic rings. The van der Waals surface area contributed by atoms with E-state index in [2.05, 4.69) is 5.32 Å². The van der Waals surface area contributed by atoms with Gasteiger partial charge in [0, 0.05) is 25.3 Å². The number of furan rings is 1. The average molecular weight is 416 g/mol. The minimum atomic E-state index is -4.47. The number of nitrogens with zero attached hydrogens (tertiary/aromatic N) is 1. The van der Waals surface area contributed by atoms with E-state index in [9.17, 15) is 22.8 Å². The first-order chi connectivity index (χ1) is 14.1. The maximum Gasteiger partial charge on any atom is 0.416 e. The van der Waals surface area contributed by atoms with Gasteiger partial charge in [-0.3, -0.25) is 9.59 Å². The Bertz CT molecular complexity index is 1050. The normalized spacial score (nSPS) is 11.2. The molecule has 30 heavy (non-hydrogen) atoms. The van der Waals surface area contributed by atoms with Gasteiger partial charge in [-0.2, -0.15) is 13.2 Å². The van der Waals surface area contributed by atoms with Crippen molar-refractivity contribution >= 4 is 17.5 Å². The molecule has 1 aromatic heterocycles. The van der Waals surface area contributed by atoms with Crippen LogP contribution < -0.4 is 5.32 Å². The lowest BCUT2D eigenvalue weighted by atomic mass is 10.1. The summed E-state index contributed by atoms with van der Waals surface area (Å²) in [4.78, 5) is 25.6. The van der Waals surface area contributed by atoms with Crippen molar-refractivity contribution in [1.82, 2.24) is 4.90 Å². The molecule has 3 rings (SSSR count). The van der Waals surface area contributed by atoms with E-state index in [0.29, 0.717) is 5.69 Å². The number of anilines is 1. The fourth-order valence-corrected chi connectivity index (χ4v) is 2.70. The molecule has 1 N–H and O–H groups in total. The lowest BCUT2D eigenvalue weighted by Gasteiger charge is -2.10. The first kappa shape index (κ1) is 21.2. The van der Waals surface area contributed by atoms with Gasteiger partial charge in [0.2, 0.25) is 5.91 Å². The molecule has 5 nitrogen and oxygen atoms in total. The molecule has 1 heterocycles. The number of likely N-dealkylation sites (N-methyl/N-ethyl adjacent to an activating group) is 1. The van der Waals surface area contributed by atoms with E-state index in [1.807, 2.05) is 0 Å². The topological polar surface area (TPSA) is 62.6 Å². The van der Waals surface area contributed by atoms with Gasteiger partial charge in [0.05, 0.1) is 12.0 Å². The van der Waals surface area contributed by atoms with Crippen LogP contribution in [0.3, 0.4) is 0 Å². The van der Waals surface area contributed by atoms with Crippen LogP contribution in [0.15, 0.2) is 65.1 Å². The number of hydrogen-bond acceptors (Lipinski definition) is 3. The van der Waals surface area contributed by atoms with Crippen molar-refractivity contribution in [3.05, 3.63) is 77.6 Å². The summed E-state index contributed by atoms with van der Waals surface area (Å²) in [6.07, 6.45) is -4.22. The van der Waals surface area contributed by atoms with Crippen LogP contribution in [0.25, 0.3) is 11.3 Å². The molecular weight excluding hydrogens is 397 g/mol. The second-order valence-corrected chi connectivity index (χ2v) is 6.86. The third-order valence-corrected chi connectivity index (χ3v) is 4.37. The van der Waals surface area contributed by atoms with E-state index < -0.39 is 17.6 Å². The number of benzene rings is 2. The largest absolute Gasteiger partial charge is 0.451 e. The number of carbonyl (C=O) groups is 2. The summed E-state index contributed by atoms with van der Waals surface area (Å²) >= 11 is 0. The van der Waals surface area contributed by atoms with Crippen LogP contribution in [0.4, 0.5) is 18.9 Å². The highest BCUT2D eigenvalue weighted by Gasteiger charge is 2.30. The zero-order chi connectivity index (χ0) is 21.9. The van der Waals surface area contributed by atoms with Gasteiger partial charge in [0.15, 0.2) is 5.76 Å². The predicted molar refractivity (Wildman–Crippen MR) is 106 cm³/mol. The van der Waals surface area contributed by atoms with Crippen LogP contribution in [0, 0.1) is 0 Å². The van der Waals surface area contributed by atoms with Gasteiger partial charge in [-0.25, -0.2) is 0 Å².